The molecule has 0 aliphatic heterocycles. The van der Waals surface area contributed by atoms with Crippen LogP contribution in [-0.2, 0) is 25.0 Å². The molecule has 0 saturated heterocycles. The maximum absolute atomic E-state index is 5.61. The Kier molecular flexibility index (Phi) is 9.50. The average molecular weight is 274 g/mol. The van der Waals surface area contributed by atoms with Gasteiger partial charge in [0.15, 0.2) is 0 Å². The Morgan fingerprint density at radius 1 is 1.12 bits per heavy atom. The number of hydrogen-bond acceptors (Lipinski definition) is 2. The van der Waals surface area contributed by atoms with E-state index in [0.717, 1.165) is 17.3 Å². The van der Waals surface area contributed by atoms with Gasteiger partial charge >= 0.3 is 19.5 Å². The first-order valence-corrected chi connectivity index (χ1v) is 5.20. The van der Waals surface area contributed by atoms with E-state index >= 15 is 0 Å². The van der Waals surface area contributed by atoms with E-state index in [-0.39, 0.29) is 25.0 Å². The van der Waals surface area contributed by atoms with Crippen LogP contribution in [0.5, 0.6) is 0 Å². The van der Waals surface area contributed by atoms with Gasteiger partial charge in [0.05, 0.1) is 0 Å². The molecule has 3 nitrogen and oxygen atoms in total. The Morgan fingerprint density at radius 2 is 1.62 bits per heavy atom. The first-order valence-electron chi connectivity index (χ1n) is 5.20. The molecule has 0 amide bonds. The summed E-state index contributed by atoms with van der Waals surface area (Å²) in [7, 11) is 0. The van der Waals surface area contributed by atoms with Gasteiger partial charge in [-0.25, -0.2) is 0 Å². The number of nitrogens with two attached hydrogens (primary N) is 1. The molecule has 1 atom stereocenters. The Morgan fingerprint density at radius 3 is 2.06 bits per heavy atom. The predicted molar refractivity (Wildman–Crippen MR) is 64.1 cm³/mol. The van der Waals surface area contributed by atoms with Gasteiger partial charge in [0.25, 0.3) is 0 Å². The maximum Gasteiger partial charge on any atom is 2.00 e. The van der Waals surface area contributed by atoms with Gasteiger partial charge in [0.1, 0.15) is 0 Å². The molecule has 0 aliphatic rings. The molecule has 0 fully saturated rings. The number of hydrogen-bond donors (Lipinski definition) is 2. The molecule has 0 aliphatic carbocycles. The fraction of sp³-hybridized carbons (Fsp3) is 0.500. The molecular weight excluding hydrogens is 254 g/mol. The summed E-state index contributed by atoms with van der Waals surface area (Å²) in [5.41, 5.74) is 7.57. The van der Waals surface area contributed by atoms with Crippen molar-refractivity contribution >= 4 is 11.4 Å². The monoisotopic (exact) mass is 272 g/mol. The van der Waals surface area contributed by atoms with Crippen LogP contribution in [0, 0.1) is 5.92 Å². The normalized spacial score (nSPS) is 11.2. The summed E-state index contributed by atoms with van der Waals surface area (Å²) >= 11 is 0. The van der Waals surface area contributed by atoms with Crippen LogP contribution in [0.25, 0.3) is 0 Å². The first kappa shape index (κ1) is 17.8. The molecule has 1 rings (SSSR count). The first-order chi connectivity index (χ1) is 6.58. The van der Waals surface area contributed by atoms with Gasteiger partial charge in [-0.3, -0.25) is 0 Å². The number of rotatable bonds is 4. The minimum atomic E-state index is 0. The number of nitrogen functional groups attached to an aromatic ring is 1. The smallest absolute Gasteiger partial charge is 2.00 e. The topological polar surface area (TPSA) is 66.5 Å². The summed E-state index contributed by atoms with van der Waals surface area (Å²) in [4.78, 5) is 0. The van der Waals surface area contributed by atoms with Crippen molar-refractivity contribution in [2.75, 3.05) is 11.1 Å². The van der Waals surface area contributed by atoms with Gasteiger partial charge in [-0.2, -0.15) is 0 Å². The Hall–Kier alpha value is -0.597. The molecule has 1 aromatic rings. The zero-order valence-corrected chi connectivity index (χ0v) is 13.3. The summed E-state index contributed by atoms with van der Waals surface area (Å²) in [5, 5.41) is 3.44. The van der Waals surface area contributed by atoms with Crippen LogP contribution in [0.2, 0.25) is 0 Å². The molecule has 1 aromatic carbocycles. The third-order valence-electron chi connectivity index (χ3n) is 2.15. The third-order valence-corrected chi connectivity index (χ3v) is 2.15. The summed E-state index contributed by atoms with van der Waals surface area (Å²) in [6.07, 6.45) is 1.18. The molecule has 0 radical (unpaired) electrons. The van der Waals surface area contributed by atoms with Crippen molar-refractivity contribution < 1.29 is 25.0 Å². The molecule has 3 N–H and O–H groups in total. The fourth-order valence-electron chi connectivity index (χ4n) is 1.63. The van der Waals surface area contributed by atoms with Gasteiger partial charge in [0.2, 0.25) is 0 Å². The summed E-state index contributed by atoms with van der Waals surface area (Å²) < 4.78 is 0. The van der Waals surface area contributed by atoms with Crippen LogP contribution in [0.4, 0.5) is 11.4 Å². The van der Waals surface area contributed by atoms with Crippen molar-refractivity contribution in [3.63, 3.8) is 0 Å². The van der Waals surface area contributed by atoms with E-state index in [9.17, 15) is 0 Å². The van der Waals surface area contributed by atoms with Crippen LogP contribution >= 0.6 is 0 Å². The third kappa shape index (κ3) is 6.81. The van der Waals surface area contributed by atoms with E-state index in [1.165, 1.54) is 6.42 Å². The SMILES string of the molecule is CC(C)CC(C)Nc1ccc(N)cc1.[O-2].[Zn+2]. The molecule has 0 aromatic heterocycles. The van der Waals surface area contributed by atoms with Gasteiger partial charge in [-0.1, -0.05) is 13.8 Å². The van der Waals surface area contributed by atoms with Gasteiger partial charge in [0, 0.05) is 17.4 Å². The molecule has 4 heteroatoms. The van der Waals surface area contributed by atoms with Crippen molar-refractivity contribution in [2.45, 2.75) is 33.2 Å². The molecule has 16 heavy (non-hydrogen) atoms. The van der Waals surface area contributed by atoms with E-state index in [1.54, 1.807) is 0 Å². The standard InChI is InChI=1S/C12H20N2.O.Zn/c1-9(2)8-10(3)14-12-6-4-11(13)5-7-12;;/h4-7,9-10,14H,8,13H2,1-3H3;;/q;-2;+2. The number of benzene rings is 1. The molecule has 1 unspecified atom stereocenters. The van der Waals surface area contributed by atoms with Crippen molar-refractivity contribution in [1.29, 1.82) is 0 Å². The largest absolute Gasteiger partial charge is 2.00 e. The summed E-state index contributed by atoms with van der Waals surface area (Å²) in [6.45, 7) is 6.68. The van der Waals surface area contributed by atoms with Crippen molar-refractivity contribution in [3.8, 4) is 0 Å². The van der Waals surface area contributed by atoms with Crippen molar-refractivity contribution in [2.24, 2.45) is 5.92 Å². The summed E-state index contributed by atoms with van der Waals surface area (Å²) in [5.74, 6) is 0.728. The van der Waals surface area contributed by atoms with Gasteiger partial charge in [-0.15, -0.1) is 0 Å². The van der Waals surface area contributed by atoms with Crippen LogP contribution in [0.1, 0.15) is 27.2 Å². The second kappa shape index (κ2) is 8.54. The van der Waals surface area contributed by atoms with Gasteiger partial charge < -0.3 is 16.5 Å². The minimum Gasteiger partial charge on any atom is -2.00 e. The zero-order chi connectivity index (χ0) is 10.6. The molecular formula is C12H20N2OZn. The van der Waals surface area contributed by atoms with Crippen LogP contribution in [0.15, 0.2) is 24.3 Å². The molecule has 0 bridgehead atoms. The zero-order valence-electron chi connectivity index (χ0n) is 10.4. The predicted octanol–water partition coefficient (Wildman–Crippen LogP) is 2.99. The fourth-order valence-corrected chi connectivity index (χ4v) is 1.63. The van der Waals surface area contributed by atoms with E-state index in [1.807, 2.05) is 24.3 Å². The summed E-state index contributed by atoms with van der Waals surface area (Å²) in [6, 6.07) is 8.39. The van der Waals surface area contributed by atoms with Crippen molar-refractivity contribution in [1.82, 2.24) is 0 Å². The second-order valence-corrected chi connectivity index (χ2v) is 4.30. The minimum absolute atomic E-state index is 0. The van der Waals surface area contributed by atoms with E-state index < -0.39 is 0 Å². The number of nitrogens with one attached hydrogen (secondary N) is 1. The van der Waals surface area contributed by atoms with E-state index in [2.05, 4.69) is 26.1 Å². The molecule has 0 heterocycles. The quantitative estimate of drug-likeness (QED) is 0.654. The molecule has 0 spiro atoms. The average Bonchev–Trinajstić information content (AvgIpc) is 2.07. The van der Waals surface area contributed by atoms with Crippen LogP contribution in [0.3, 0.4) is 0 Å². The van der Waals surface area contributed by atoms with E-state index in [0.29, 0.717) is 6.04 Å². The Labute approximate surface area is 111 Å². The van der Waals surface area contributed by atoms with E-state index in [4.69, 9.17) is 5.73 Å². The maximum atomic E-state index is 5.61. The van der Waals surface area contributed by atoms with Crippen molar-refractivity contribution in [3.05, 3.63) is 24.3 Å². The van der Waals surface area contributed by atoms with Crippen LogP contribution < -0.4 is 11.1 Å². The molecule has 86 valence electrons. The van der Waals surface area contributed by atoms with Crippen LogP contribution in [-0.4, -0.2) is 6.04 Å². The second-order valence-electron chi connectivity index (χ2n) is 4.30. The Bertz CT molecular complexity index is 275. The number of anilines is 2. The Balaban J connectivity index is 0. The molecule has 0 saturated carbocycles. The van der Waals surface area contributed by atoms with Gasteiger partial charge in [-0.05, 0) is 43.5 Å².